The molecule has 0 radical (unpaired) electrons. The van der Waals surface area contributed by atoms with Gasteiger partial charge >= 0.3 is 0 Å². The number of carbonyl (C=O) groups excluding carboxylic acids is 1. The van der Waals surface area contributed by atoms with Crippen molar-refractivity contribution in [1.82, 2.24) is 9.80 Å². The van der Waals surface area contributed by atoms with Crippen molar-refractivity contribution in [1.29, 1.82) is 0 Å². The van der Waals surface area contributed by atoms with Gasteiger partial charge in [-0.15, -0.1) is 0 Å². The topological polar surface area (TPSA) is 42.0 Å². The van der Waals surface area contributed by atoms with Gasteiger partial charge in [0.1, 0.15) is 0 Å². The first-order valence-electron chi connectivity index (χ1n) is 12.3. The molecule has 0 spiro atoms. The van der Waals surface area contributed by atoms with Crippen LogP contribution in [-0.2, 0) is 17.6 Å². The smallest absolute Gasteiger partial charge is 0.226 e. The highest BCUT2D eigenvalue weighted by atomic mass is 16.5. The molecule has 2 aromatic rings. The lowest BCUT2D eigenvalue weighted by Crippen LogP contribution is -2.47. The van der Waals surface area contributed by atoms with E-state index in [4.69, 9.17) is 9.47 Å². The Morgan fingerprint density at radius 2 is 1.67 bits per heavy atom. The minimum atomic E-state index is 0.0807. The second-order valence-corrected chi connectivity index (χ2v) is 9.73. The molecule has 0 bridgehead atoms. The number of piperidine rings is 1. The second-order valence-electron chi connectivity index (χ2n) is 9.73. The fourth-order valence-corrected chi connectivity index (χ4v) is 5.51. The first-order chi connectivity index (χ1) is 16.0. The molecule has 0 saturated carbocycles. The number of hydrogen-bond donors (Lipinski definition) is 0. The van der Waals surface area contributed by atoms with Crippen molar-refractivity contribution in [3.05, 3.63) is 59.2 Å². The Hall–Kier alpha value is -2.53. The fraction of sp³-hybridized carbons (Fsp3) is 0.536. The molecule has 1 atom stereocenters. The van der Waals surface area contributed by atoms with Crippen molar-refractivity contribution >= 4 is 5.91 Å². The molecule has 1 unspecified atom stereocenters. The zero-order valence-corrected chi connectivity index (χ0v) is 20.5. The summed E-state index contributed by atoms with van der Waals surface area (Å²) in [5, 5.41) is 0. The van der Waals surface area contributed by atoms with Crippen LogP contribution in [0, 0.1) is 11.8 Å². The second kappa shape index (κ2) is 10.6. The van der Waals surface area contributed by atoms with Gasteiger partial charge in [-0.3, -0.25) is 4.79 Å². The number of nitrogens with zero attached hydrogens (tertiary/aromatic N) is 2. The van der Waals surface area contributed by atoms with Gasteiger partial charge in [-0.1, -0.05) is 44.2 Å². The lowest BCUT2D eigenvalue weighted by Gasteiger charge is -2.43. The van der Waals surface area contributed by atoms with Gasteiger partial charge in [-0.2, -0.15) is 0 Å². The molecule has 2 heterocycles. The number of amides is 1. The summed E-state index contributed by atoms with van der Waals surface area (Å²) in [6.45, 7) is 8.28. The molecule has 0 aliphatic carbocycles. The summed E-state index contributed by atoms with van der Waals surface area (Å²) in [5.74, 6) is 2.29. The van der Waals surface area contributed by atoms with Gasteiger partial charge in [0.05, 0.1) is 20.3 Å². The van der Waals surface area contributed by atoms with Crippen molar-refractivity contribution < 1.29 is 14.3 Å². The lowest BCUT2D eigenvalue weighted by molar-refractivity contribution is -0.141. The number of rotatable bonds is 7. The minimum Gasteiger partial charge on any atom is -0.493 e. The van der Waals surface area contributed by atoms with Gasteiger partial charge in [0.15, 0.2) is 11.5 Å². The SMILES string of the molecule is COc1cc2c(cc1OC)C(C(C)C)N(C(=O)C1CCN(CCc3ccccc3)CC1)CC2. The van der Waals surface area contributed by atoms with Crippen molar-refractivity contribution in [3.8, 4) is 11.5 Å². The maximum absolute atomic E-state index is 13.7. The average Bonchev–Trinajstić information content (AvgIpc) is 2.86. The monoisotopic (exact) mass is 450 g/mol. The number of fused-ring (bicyclic) bond motifs is 1. The Morgan fingerprint density at radius 1 is 1.00 bits per heavy atom. The van der Waals surface area contributed by atoms with E-state index in [1.165, 1.54) is 16.7 Å². The van der Waals surface area contributed by atoms with Crippen LogP contribution in [0.2, 0.25) is 0 Å². The first-order valence-corrected chi connectivity index (χ1v) is 12.3. The molecule has 178 valence electrons. The van der Waals surface area contributed by atoms with Gasteiger partial charge in [0.2, 0.25) is 5.91 Å². The normalized spacial score (nSPS) is 19.4. The van der Waals surface area contributed by atoms with Crippen LogP contribution >= 0.6 is 0 Å². The van der Waals surface area contributed by atoms with Crippen LogP contribution in [0.1, 0.15) is 49.4 Å². The summed E-state index contributed by atoms with van der Waals surface area (Å²) in [5.41, 5.74) is 3.86. The fourth-order valence-electron chi connectivity index (χ4n) is 5.51. The zero-order valence-electron chi connectivity index (χ0n) is 20.5. The highest BCUT2D eigenvalue weighted by Crippen LogP contribution is 2.42. The van der Waals surface area contributed by atoms with E-state index in [0.29, 0.717) is 11.8 Å². The predicted octanol–water partition coefficient (Wildman–Crippen LogP) is 4.74. The summed E-state index contributed by atoms with van der Waals surface area (Å²) in [6.07, 6.45) is 3.84. The number of ether oxygens (including phenoxy) is 2. The van der Waals surface area contributed by atoms with Gasteiger partial charge in [0.25, 0.3) is 0 Å². The largest absolute Gasteiger partial charge is 0.493 e. The summed E-state index contributed by atoms with van der Waals surface area (Å²) >= 11 is 0. The van der Waals surface area contributed by atoms with E-state index in [1.807, 2.05) is 0 Å². The van der Waals surface area contributed by atoms with Crippen LogP contribution < -0.4 is 9.47 Å². The molecule has 1 fully saturated rings. The van der Waals surface area contributed by atoms with Crippen molar-refractivity contribution in [3.63, 3.8) is 0 Å². The van der Waals surface area contributed by atoms with E-state index >= 15 is 0 Å². The minimum absolute atomic E-state index is 0.0807. The standard InChI is InChI=1S/C28H38N2O3/c1-20(2)27-24-19-26(33-4)25(32-3)18-23(24)13-17-30(27)28(31)22-11-15-29(16-12-22)14-10-21-8-6-5-7-9-21/h5-9,18-20,22,27H,10-17H2,1-4H3. The number of carbonyl (C=O) groups is 1. The van der Waals surface area contributed by atoms with Crippen LogP contribution in [0.4, 0.5) is 0 Å². The van der Waals surface area contributed by atoms with Crippen LogP contribution in [0.25, 0.3) is 0 Å². The van der Waals surface area contributed by atoms with E-state index in [2.05, 4.69) is 66.1 Å². The molecule has 4 rings (SSSR count). The van der Waals surface area contributed by atoms with Crippen LogP contribution in [-0.4, -0.2) is 56.1 Å². The third kappa shape index (κ3) is 5.19. The first kappa shape index (κ1) is 23.6. The molecule has 1 amide bonds. The maximum Gasteiger partial charge on any atom is 0.226 e. The highest BCUT2D eigenvalue weighted by Gasteiger charge is 2.37. The van der Waals surface area contributed by atoms with Gasteiger partial charge in [-0.05, 0) is 73.5 Å². The van der Waals surface area contributed by atoms with E-state index < -0.39 is 0 Å². The van der Waals surface area contributed by atoms with Crippen LogP contribution in [0.5, 0.6) is 11.5 Å². The summed E-state index contributed by atoms with van der Waals surface area (Å²) < 4.78 is 11.1. The van der Waals surface area contributed by atoms with Gasteiger partial charge in [-0.25, -0.2) is 0 Å². The zero-order chi connectivity index (χ0) is 23.4. The quantitative estimate of drug-likeness (QED) is 0.611. The number of methoxy groups -OCH3 is 2. The Balaban J connectivity index is 1.42. The number of hydrogen-bond acceptors (Lipinski definition) is 4. The van der Waals surface area contributed by atoms with Crippen LogP contribution in [0.15, 0.2) is 42.5 Å². The average molecular weight is 451 g/mol. The van der Waals surface area contributed by atoms with Gasteiger partial charge in [0, 0.05) is 19.0 Å². The molecule has 5 heteroatoms. The predicted molar refractivity (Wildman–Crippen MR) is 132 cm³/mol. The molecule has 5 nitrogen and oxygen atoms in total. The molecule has 2 aromatic carbocycles. The van der Waals surface area contributed by atoms with Crippen molar-refractivity contribution in [2.75, 3.05) is 40.4 Å². The Morgan fingerprint density at radius 3 is 2.30 bits per heavy atom. The molecule has 33 heavy (non-hydrogen) atoms. The Kier molecular flexibility index (Phi) is 7.59. The van der Waals surface area contributed by atoms with E-state index in [0.717, 1.165) is 63.4 Å². The highest BCUT2D eigenvalue weighted by molar-refractivity contribution is 5.80. The lowest BCUT2D eigenvalue weighted by atomic mass is 9.84. The number of benzene rings is 2. The molecule has 2 aliphatic rings. The summed E-state index contributed by atoms with van der Waals surface area (Å²) in [6, 6.07) is 14.9. The Bertz CT molecular complexity index is 936. The molecule has 2 aliphatic heterocycles. The van der Waals surface area contributed by atoms with Crippen molar-refractivity contribution in [2.24, 2.45) is 11.8 Å². The van der Waals surface area contributed by atoms with Gasteiger partial charge < -0.3 is 19.3 Å². The van der Waals surface area contributed by atoms with E-state index in [9.17, 15) is 4.79 Å². The molecular formula is C28H38N2O3. The van der Waals surface area contributed by atoms with E-state index in [1.54, 1.807) is 14.2 Å². The van der Waals surface area contributed by atoms with Crippen LogP contribution in [0.3, 0.4) is 0 Å². The number of likely N-dealkylation sites (tertiary alicyclic amines) is 1. The maximum atomic E-state index is 13.7. The van der Waals surface area contributed by atoms with Crippen molar-refractivity contribution in [2.45, 2.75) is 45.6 Å². The molecular weight excluding hydrogens is 412 g/mol. The summed E-state index contributed by atoms with van der Waals surface area (Å²) in [4.78, 5) is 18.4. The third-order valence-electron chi connectivity index (χ3n) is 7.33. The summed E-state index contributed by atoms with van der Waals surface area (Å²) in [7, 11) is 3.35. The molecule has 0 N–H and O–H groups in total. The third-order valence-corrected chi connectivity index (χ3v) is 7.33. The van der Waals surface area contributed by atoms with E-state index in [-0.39, 0.29) is 12.0 Å². The Labute approximate surface area is 198 Å². The molecule has 1 saturated heterocycles. The molecule has 0 aromatic heterocycles.